The van der Waals surface area contributed by atoms with Crippen LogP contribution < -0.4 is 4.90 Å². The zero-order valence-corrected chi connectivity index (χ0v) is 17.1. The molecule has 0 radical (unpaired) electrons. The van der Waals surface area contributed by atoms with Crippen molar-refractivity contribution in [3.8, 4) is 0 Å². The summed E-state index contributed by atoms with van der Waals surface area (Å²) in [5.74, 6) is 0.915. The lowest BCUT2D eigenvalue weighted by atomic mass is 9.99. The molecule has 1 aromatic carbocycles. The van der Waals surface area contributed by atoms with Crippen molar-refractivity contribution in [1.82, 2.24) is 14.9 Å². The highest BCUT2D eigenvalue weighted by molar-refractivity contribution is 5.99. The summed E-state index contributed by atoms with van der Waals surface area (Å²) in [6.45, 7) is 8.28. The van der Waals surface area contributed by atoms with Crippen LogP contribution in [0.25, 0.3) is 23.1 Å². The first-order valence-corrected chi connectivity index (χ1v) is 9.94. The first-order chi connectivity index (χ1) is 13.9. The van der Waals surface area contributed by atoms with Crippen LogP contribution in [-0.4, -0.2) is 52.7 Å². The van der Waals surface area contributed by atoms with Crippen molar-refractivity contribution in [2.24, 2.45) is 0 Å². The number of hydrogen-bond donors (Lipinski definition) is 0. The number of carbonyl (C=O) groups excluding carboxylic acids is 1. The molecule has 1 fully saturated rings. The fourth-order valence-corrected chi connectivity index (χ4v) is 3.61. The minimum absolute atomic E-state index is 0.255. The summed E-state index contributed by atoms with van der Waals surface area (Å²) in [6.07, 6.45) is 13.7. The SMILES string of the molecule is CC(C)(C)OC(=O)N1CCN(c2ncnc3ccc4c(c23)\C=C/C=C/C=C\4)CC1. The highest BCUT2D eigenvalue weighted by Crippen LogP contribution is 2.32. The van der Waals surface area contributed by atoms with Crippen LogP contribution in [0.5, 0.6) is 0 Å². The van der Waals surface area contributed by atoms with E-state index in [0.717, 1.165) is 27.8 Å². The molecule has 0 atom stereocenters. The molecule has 1 aliphatic carbocycles. The Hall–Kier alpha value is -3.15. The van der Waals surface area contributed by atoms with E-state index in [4.69, 9.17) is 4.74 Å². The van der Waals surface area contributed by atoms with Gasteiger partial charge in [0.2, 0.25) is 0 Å². The van der Waals surface area contributed by atoms with Crippen molar-refractivity contribution in [2.45, 2.75) is 26.4 Å². The number of carbonyl (C=O) groups is 1. The van der Waals surface area contributed by atoms with Gasteiger partial charge in [0.25, 0.3) is 0 Å². The van der Waals surface area contributed by atoms with E-state index in [1.807, 2.05) is 51.1 Å². The highest BCUT2D eigenvalue weighted by Gasteiger charge is 2.27. The Morgan fingerprint density at radius 1 is 0.966 bits per heavy atom. The number of piperazine rings is 1. The largest absolute Gasteiger partial charge is 0.444 e. The molecule has 29 heavy (non-hydrogen) atoms. The van der Waals surface area contributed by atoms with Crippen LogP contribution in [0.4, 0.5) is 10.6 Å². The average molecular weight is 390 g/mol. The smallest absolute Gasteiger partial charge is 0.410 e. The summed E-state index contributed by atoms with van der Waals surface area (Å²) < 4.78 is 5.51. The predicted octanol–water partition coefficient (Wildman–Crippen LogP) is 4.28. The molecular formula is C23H26N4O2. The second-order valence-corrected chi connectivity index (χ2v) is 8.22. The van der Waals surface area contributed by atoms with Gasteiger partial charge in [0.15, 0.2) is 0 Å². The highest BCUT2D eigenvalue weighted by atomic mass is 16.6. The number of hydrogen-bond acceptors (Lipinski definition) is 5. The van der Waals surface area contributed by atoms with Gasteiger partial charge in [-0.3, -0.25) is 0 Å². The van der Waals surface area contributed by atoms with E-state index in [1.165, 1.54) is 0 Å². The lowest BCUT2D eigenvalue weighted by Gasteiger charge is -2.36. The molecule has 2 aromatic rings. The van der Waals surface area contributed by atoms with Gasteiger partial charge >= 0.3 is 6.09 Å². The standard InChI is InChI=1S/C23H26N4O2/c1-23(2,3)29-22(28)27-14-12-26(13-15-27)21-20-18-9-7-5-4-6-8-17(18)10-11-19(20)24-16-25-21/h4-11,16H,12-15H2,1-3H3/b5-4+,6-4?,7-5?,8-6-,9-7-,17-8?,18-9?. The van der Waals surface area contributed by atoms with Gasteiger partial charge < -0.3 is 14.5 Å². The zero-order chi connectivity index (χ0) is 20.4. The molecule has 0 N–H and O–H groups in total. The number of fused-ring (bicyclic) bond motifs is 3. The number of benzene rings is 1. The molecule has 1 saturated heterocycles. The molecule has 6 heteroatoms. The molecule has 0 bridgehead atoms. The molecule has 4 rings (SSSR count). The first-order valence-electron chi connectivity index (χ1n) is 9.94. The third-order valence-corrected chi connectivity index (χ3v) is 4.96. The van der Waals surface area contributed by atoms with Crippen LogP contribution in [0.3, 0.4) is 0 Å². The fourth-order valence-electron chi connectivity index (χ4n) is 3.61. The average Bonchev–Trinajstić information content (AvgIpc) is 2.66. The molecule has 6 nitrogen and oxygen atoms in total. The van der Waals surface area contributed by atoms with Crippen LogP contribution in [0.1, 0.15) is 31.9 Å². The number of nitrogens with zero attached hydrogens (tertiary/aromatic N) is 4. The quantitative estimate of drug-likeness (QED) is 0.727. The summed E-state index contributed by atoms with van der Waals surface area (Å²) >= 11 is 0. The van der Waals surface area contributed by atoms with Gasteiger partial charge in [0.1, 0.15) is 17.7 Å². The Morgan fingerprint density at radius 2 is 1.69 bits per heavy atom. The molecule has 0 spiro atoms. The zero-order valence-electron chi connectivity index (χ0n) is 17.1. The minimum atomic E-state index is -0.484. The molecule has 1 aromatic heterocycles. The maximum Gasteiger partial charge on any atom is 0.410 e. The normalized spacial score (nSPS) is 19.8. The molecular weight excluding hydrogens is 364 g/mol. The molecule has 0 unspecified atom stereocenters. The van der Waals surface area contributed by atoms with Crippen LogP contribution in [0.15, 0.2) is 42.8 Å². The summed E-state index contributed by atoms with van der Waals surface area (Å²) in [4.78, 5) is 25.5. The fraction of sp³-hybridized carbons (Fsp3) is 0.348. The number of allylic oxidation sites excluding steroid dienone is 4. The van der Waals surface area contributed by atoms with Crippen molar-refractivity contribution in [1.29, 1.82) is 0 Å². The van der Waals surface area contributed by atoms with Crippen molar-refractivity contribution in [3.63, 3.8) is 0 Å². The first kappa shape index (κ1) is 19.2. The third kappa shape index (κ3) is 4.16. The second-order valence-electron chi connectivity index (χ2n) is 8.22. The Labute approximate surface area is 171 Å². The van der Waals surface area contributed by atoms with E-state index < -0.39 is 5.60 Å². The van der Waals surface area contributed by atoms with Crippen LogP contribution in [0.2, 0.25) is 0 Å². The number of ether oxygens (including phenoxy) is 1. The molecule has 150 valence electrons. The summed E-state index contributed by atoms with van der Waals surface area (Å²) in [5, 5.41) is 1.05. The van der Waals surface area contributed by atoms with Crippen LogP contribution in [0, 0.1) is 0 Å². The molecule has 2 aliphatic rings. The van der Waals surface area contributed by atoms with Gasteiger partial charge in [-0.25, -0.2) is 14.8 Å². The van der Waals surface area contributed by atoms with Crippen molar-refractivity contribution in [3.05, 3.63) is 53.9 Å². The Morgan fingerprint density at radius 3 is 2.41 bits per heavy atom. The van der Waals surface area contributed by atoms with E-state index >= 15 is 0 Å². The summed E-state index contributed by atoms with van der Waals surface area (Å²) in [6, 6.07) is 4.13. The van der Waals surface area contributed by atoms with E-state index in [-0.39, 0.29) is 6.09 Å². The predicted molar refractivity (Wildman–Crippen MR) is 117 cm³/mol. The lowest BCUT2D eigenvalue weighted by Crippen LogP contribution is -2.50. The van der Waals surface area contributed by atoms with Crippen LogP contribution in [-0.2, 0) is 4.74 Å². The van der Waals surface area contributed by atoms with Gasteiger partial charge in [-0.05, 0) is 38.0 Å². The second kappa shape index (κ2) is 7.70. The third-order valence-electron chi connectivity index (χ3n) is 4.96. The monoisotopic (exact) mass is 390 g/mol. The van der Waals surface area contributed by atoms with Gasteiger partial charge in [-0.2, -0.15) is 0 Å². The van der Waals surface area contributed by atoms with Gasteiger partial charge in [-0.1, -0.05) is 42.5 Å². The number of aromatic nitrogens is 2. The molecule has 1 aliphatic heterocycles. The maximum atomic E-state index is 12.4. The Bertz CT molecular complexity index is 1010. The van der Waals surface area contributed by atoms with Crippen molar-refractivity contribution in [2.75, 3.05) is 31.1 Å². The summed E-state index contributed by atoms with van der Waals surface area (Å²) in [5.41, 5.74) is 2.70. The number of amides is 1. The van der Waals surface area contributed by atoms with E-state index in [2.05, 4.69) is 33.1 Å². The Balaban J connectivity index is 1.63. The summed E-state index contributed by atoms with van der Waals surface area (Å²) in [7, 11) is 0. The van der Waals surface area contributed by atoms with E-state index in [9.17, 15) is 4.79 Å². The van der Waals surface area contributed by atoms with Gasteiger partial charge in [-0.15, -0.1) is 0 Å². The Kier molecular flexibility index (Phi) is 5.09. The van der Waals surface area contributed by atoms with E-state index in [1.54, 1.807) is 11.2 Å². The topological polar surface area (TPSA) is 58.6 Å². The van der Waals surface area contributed by atoms with Gasteiger partial charge in [0, 0.05) is 26.2 Å². The maximum absolute atomic E-state index is 12.4. The molecule has 1 amide bonds. The lowest BCUT2D eigenvalue weighted by molar-refractivity contribution is 0.0240. The molecule has 2 heterocycles. The number of rotatable bonds is 1. The number of anilines is 1. The van der Waals surface area contributed by atoms with Crippen molar-refractivity contribution < 1.29 is 9.53 Å². The van der Waals surface area contributed by atoms with Crippen molar-refractivity contribution >= 4 is 35.0 Å². The van der Waals surface area contributed by atoms with E-state index in [0.29, 0.717) is 26.2 Å². The van der Waals surface area contributed by atoms with Crippen LogP contribution >= 0.6 is 0 Å². The van der Waals surface area contributed by atoms with Gasteiger partial charge in [0.05, 0.1) is 10.9 Å². The molecule has 0 saturated carbocycles. The minimum Gasteiger partial charge on any atom is -0.444 e.